The van der Waals surface area contributed by atoms with Crippen molar-refractivity contribution in [1.29, 1.82) is 0 Å². The molecule has 0 N–H and O–H groups in total. The number of non-ortho nitro benzene ring substituents is 2. The summed E-state index contributed by atoms with van der Waals surface area (Å²) in [6.07, 6.45) is 24.8. The van der Waals surface area contributed by atoms with E-state index in [1.807, 2.05) is 12.2 Å². The van der Waals surface area contributed by atoms with Gasteiger partial charge in [0.2, 0.25) is 0 Å². The average molecular weight is 531 g/mol. The third-order valence-electron chi connectivity index (χ3n) is 7.88. The first-order valence-corrected chi connectivity index (χ1v) is 13.6. The maximum Gasteiger partial charge on any atom is 0.269 e. The zero-order valence-corrected chi connectivity index (χ0v) is 22.2. The second-order valence-corrected chi connectivity index (χ2v) is 10.4. The van der Waals surface area contributed by atoms with Gasteiger partial charge < -0.3 is 0 Å². The van der Waals surface area contributed by atoms with Gasteiger partial charge in [0.25, 0.3) is 11.4 Å². The SMILES string of the molecule is O=[N+]([O-])c1ccc(C=C=C2C=CC(C3(C4=CCC(=C=Cc5ccc([N+](=O)[O-])cc5)C=C4)CCCCC3)=CC2)cc1. The van der Waals surface area contributed by atoms with Crippen LogP contribution in [0.3, 0.4) is 0 Å². The average Bonchev–Trinajstić information content (AvgIpc) is 3.00. The predicted molar refractivity (Wildman–Crippen MR) is 158 cm³/mol. The molecule has 1 fully saturated rings. The van der Waals surface area contributed by atoms with Gasteiger partial charge in [-0.15, -0.1) is 11.5 Å². The van der Waals surface area contributed by atoms with Gasteiger partial charge in [-0.25, -0.2) is 0 Å². The molecule has 0 saturated heterocycles. The number of hydrogen-bond donors (Lipinski definition) is 0. The standard InChI is InChI=1S/C34H30N2O4/c37-35(38)32-20-12-28(13-21-32)6-4-26-8-16-30(17-9-26)34(24-2-1-3-25-34)31-18-10-27(11-19-31)5-7-29-14-22-33(23-15-29)36(39)40/h6-8,10,12-23H,1-3,9,11,24-25H2. The van der Waals surface area contributed by atoms with Crippen molar-refractivity contribution in [3.8, 4) is 0 Å². The highest BCUT2D eigenvalue weighted by Crippen LogP contribution is 2.51. The van der Waals surface area contributed by atoms with E-state index in [9.17, 15) is 20.2 Å². The van der Waals surface area contributed by atoms with Crippen LogP contribution in [0.2, 0.25) is 0 Å². The minimum Gasteiger partial charge on any atom is -0.258 e. The van der Waals surface area contributed by atoms with Gasteiger partial charge >= 0.3 is 0 Å². The fourth-order valence-corrected chi connectivity index (χ4v) is 5.65. The quantitative estimate of drug-likeness (QED) is 0.212. The molecule has 40 heavy (non-hydrogen) atoms. The van der Waals surface area contributed by atoms with Gasteiger partial charge in [0, 0.05) is 29.7 Å². The van der Waals surface area contributed by atoms with Crippen molar-refractivity contribution in [1.82, 2.24) is 0 Å². The predicted octanol–water partition coefficient (Wildman–Crippen LogP) is 9.00. The van der Waals surface area contributed by atoms with E-state index < -0.39 is 9.85 Å². The Labute approximate surface area is 233 Å². The lowest BCUT2D eigenvalue weighted by molar-refractivity contribution is -0.385. The zero-order valence-electron chi connectivity index (χ0n) is 22.2. The number of benzene rings is 2. The summed E-state index contributed by atoms with van der Waals surface area (Å²) in [5.74, 6) is 0. The van der Waals surface area contributed by atoms with Crippen LogP contribution in [0.4, 0.5) is 11.4 Å². The zero-order chi connectivity index (χ0) is 28.0. The maximum atomic E-state index is 10.9. The van der Waals surface area contributed by atoms with Crippen LogP contribution in [0.25, 0.3) is 12.2 Å². The number of nitrogens with zero attached hydrogens (tertiary/aromatic N) is 2. The monoisotopic (exact) mass is 530 g/mol. The van der Waals surface area contributed by atoms with Crippen molar-refractivity contribution >= 4 is 23.5 Å². The van der Waals surface area contributed by atoms with Crippen LogP contribution in [0, 0.1) is 25.6 Å². The highest BCUT2D eigenvalue weighted by atomic mass is 16.6. The Bertz CT molecular complexity index is 1450. The summed E-state index contributed by atoms with van der Waals surface area (Å²) in [6, 6.07) is 13.0. The number of nitro groups is 2. The highest BCUT2D eigenvalue weighted by Gasteiger charge is 2.38. The van der Waals surface area contributed by atoms with E-state index in [1.54, 1.807) is 24.3 Å². The fraction of sp³-hybridized carbons (Fsp3) is 0.235. The Morgan fingerprint density at radius 2 is 1.05 bits per heavy atom. The molecular formula is C34H30N2O4. The van der Waals surface area contributed by atoms with E-state index in [0.717, 1.165) is 48.0 Å². The first-order chi connectivity index (χ1) is 19.4. The van der Waals surface area contributed by atoms with Crippen molar-refractivity contribution in [3.63, 3.8) is 0 Å². The molecule has 0 bridgehead atoms. The van der Waals surface area contributed by atoms with Gasteiger partial charge in [-0.1, -0.05) is 55.7 Å². The van der Waals surface area contributed by atoms with E-state index in [-0.39, 0.29) is 16.8 Å². The first kappa shape index (κ1) is 26.8. The summed E-state index contributed by atoms with van der Waals surface area (Å²) in [5.41, 5.74) is 13.6. The molecule has 200 valence electrons. The van der Waals surface area contributed by atoms with E-state index in [0.29, 0.717) is 0 Å². The molecule has 2 aromatic carbocycles. The number of rotatable bonds is 6. The smallest absolute Gasteiger partial charge is 0.258 e. The maximum absolute atomic E-state index is 10.9. The topological polar surface area (TPSA) is 86.3 Å². The van der Waals surface area contributed by atoms with Gasteiger partial charge in [-0.2, -0.15) is 0 Å². The van der Waals surface area contributed by atoms with Crippen molar-refractivity contribution in [2.24, 2.45) is 5.41 Å². The number of hydrogen-bond acceptors (Lipinski definition) is 4. The molecule has 1 saturated carbocycles. The van der Waals surface area contributed by atoms with E-state index in [2.05, 4.69) is 47.9 Å². The molecule has 0 unspecified atom stereocenters. The molecule has 5 rings (SSSR count). The Balaban J connectivity index is 1.31. The summed E-state index contributed by atoms with van der Waals surface area (Å²) in [4.78, 5) is 21.0. The summed E-state index contributed by atoms with van der Waals surface area (Å²) < 4.78 is 0. The van der Waals surface area contributed by atoms with Crippen LogP contribution in [0.15, 0.2) is 119 Å². The van der Waals surface area contributed by atoms with Crippen molar-refractivity contribution in [2.45, 2.75) is 44.9 Å². The Hall–Kier alpha value is -4.76. The summed E-state index contributed by atoms with van der Waals surface area (Å²) >= 11 is 0. The third-order valence-corrected chi connectivity index (χ3v) is 7.88. The minimum atomic E-state index is -0.393. The van der Waals surface area contributed by atoms with Gasteiger partial charge in [0.1, 0.15) is 0 Å². The Morgan fingerprint density at radius 3 is 1.40 bits per heavy atom. The van der Waals surface area contributed by atoms with E-state index in [1.165, 1.54) is 54.7 Å². The van der Waals surface area contributed by atoms with Crippen LogP contribution >= 0.6 is 0 Å². The lowest BCUT2D eigenvalue weighted by Crippen LogP contribution is -2.29. The largest absolute Gasteiger partial charge is 0.269 e. The molecule has 3 aliphatic rings. The molecule has 0 atom stereocenters. The summed E-state index contributed by atoms with van der Waals surface area (Å²) in [5, 5.41) is 21.7. The highest BCUT2D eigenvalue weighted by molar-refractivity contribution is 5.56. The van der Waals surface area contributed by atoms with E-state index in [4.69, 9.17) is 0 Å². The molecule has 2 aromatic rings. The fourth-order valence-electron chi connectivity index (χ4n) is 5.65. The lowest BCUT2D eigenvalue weighted by Gasteiger charge is -2.41. The van der Waals surface area contributed by atoms with Crippen molar-refractivity contribution in [2.75, 3.05) is 0 Å². The summed E-state index contributed by atoms with van der Waals surface area (Å²) in [6.45, 7) is 0. The van der Waals surface area contributed by atoms with E-state index >= 15 is 0 Å². The molecule has 0 heterocycles. The van der Waals surface area contributed by atoms with Crippen molar-refractivity contribution < 1.29 is 9.85 Å². The molecule has 6 heteroatoms. The van der Waals surface area contributed by atoms with Gasteiger partial charge in [-0.05, 0) is 95.5 Å². The lowest BCUT2D eigenvalue weighted by atomic mass is 9.62. The van der Waals surface area contributed by atoms with Crippen LogP contribution in [0.5, 0.6) is 0 Å². The molecule has 0 spiro atoms. The van der Waals surface area contributed by atoms with Gasteiger partial charge in [0.15, 0.2) is 0 Å². The Morgan fingerprint density at radius 1 is 0.625 bits per heavy atom. The third kappa shape index (κ3) is 6.10. The van der Waals surface area contributed by atoms with Crippen LogP contribution < -0.4 is 0 Å². The Kier molecular flexibility index (Phi) is 8.02. The molecule has 0 aliphatic heterocycles. The van der Waals surface area contributed by atoms with Crippen LogP contribution in [-0.4, -0.2) is 9.85 Å². The van der Waals surface area contributed by atoms with Crippen LogP contribution in [-0.2, 0) is 0 Å². The molecular weight excluding hydrogens is 500 g/mol. The first-order valence-electron chi connectivity index (χ1n) is 13.6. The molecule has 0 radical (unpaired) electrons. The number of nitro benzene ring substituents is 2. The van der Waals surface area contributed by atoms with Crippen molar-refractivity contribution in [3.05, 3.63) is 150 Å². The normalized spacial score (nSPS) is 17.7. The second kappa shape index (κ2) is 12.0. The molecule has 0 aromatic heterocycles. The minimum absolute atomic E-state index is 0.0203. The molecule has 6 nitrogen and oxygen atoms in total. The van der Waals surface area contributed by atoms with Gasteiger partial charge in [-0.3, -0.25) is 20.2 Å². The summed E-state index contributed by atoms with van der Waals surface area (Å²) in [7, 11) is 0. The number of allylic oxidation sites excluding steroid dienone is 10. The second-order valence-electron chi connectivity index (χ2n) is 10.4. The van der Waals surface area contributed by atoms with Crippen LogP contribution in [0.1, 0.15) is 56.1 Å². The molecule has 3 aliphatic carbocycles. The van der Waals surface area contributed by atoms with Gasteiger partial charge in [0.05, 0.1) is 9.85 Å². The molecule has 0 amide bonds.